The van der Waals surface area contributed by atoms with Gasteiger partial charge >= 0.3 is 12.0 Å². The lowest BCUT2D eigenvalue weighted by Gasteiger charge is -2.21. The molecule has 7 heteroatoms. The van der Waals surface area contributed by atoms with Gasteiger partial charge in [0.05, 0.1) is 6.20 Å². The molecule has 0 radical (unpaired) electrons. The molecule has 1 fully saturated rings. The van der Waals surface area contributed by atoms with Crippen LogP contribution in [0.3, 0.4) is 0 Å². The number of anilines is 1. The van der Waals surface area contributed by atoms with Gasteiger partial charge in [0.2, 0.25) is 0 Å². The van der Waals surface area contributed by atoms with Crippen LogP contribution in [0, 0.1) is 0 Å². The van der Waals surface area contributed by atoms with Gasteiger partial charge in [0.1, 0.15) is 6.04 Å². The van der Waals surface area contributed by atoms with E-state index in [0.29, 0.717) is 25.2 Å². The topological polar surface area (TPSA) is 95.4 Å². The molecule has 1 aliphatic heterocycles. The minimum absolute atomic E-state index is 0.313. The van der Waals surface area contributed by atoms with Crippen molar-refractivity contribution in [1.29, 1.82) is 0 Å². The zero-order valence-electron chi connectivity index (χ0n) is 9.04. The summed E-state index contributed by atoms with van der Waals surface area (Å²) in [5.41, 5.74) is 0. The normalized spacial score (nSPS) is 19.1. The van der Waals surface area contributed by atoms with E-state index in [1.165, 1.54) is 23.5 Å². The number of rotatable bonds is 2. The van der Waals surface area contributed by atoms with Crippen molar-refractivity contribution in [2.24, 2.45) is 0 Å². The number of carboxylic acid groups (broad SMARTS) is 1. The van der Waals surface area contributed by atoms with Crippen molar-refractivity contribution >= 4 is 17.8 Å². The molecule has 1 unspecified atom stereocenters. The highest BCUT2D eigenvalue weighted by atomic mass is 16.4. The van der Waals surface area contributed by atoms with E-state index in [1.54, 1.807) is 0 Å². The van der Waals surface area contributed by atoms with Crippen molar-refractivity contribution in [3.05, 3.63) is 18.6 Å². The lowest BCUT2D eigenvalue weighted by Crippen LogP contribution is -2.42. The summed E-state index contributed by atoms with van der Waals surface area (Å²) < 4.78 is 0. The second-order valence-electron chi connectivity index (χ2n) is 3.71. The maximum atomic E-state index is 11.8. The first-order chi connectivity index (χ1) is 8.18. The quantitative estimate of drug-likeness (QED) is 0.782. The molecule has 0 aromatic carbocycles. The summed E-state index contributed by atoms with van der Waals surface area (Å²) >= 11 is 0. The lowest BCUT2D eigenvalue weighted by atomic mass is 10.2. The fourth-order valence-electron chi connectivity index (χ4n) is 1.81. The second kappa shape index (κ2) is 4.77. The second-order valence-corrected chi connectivity index (χ2v) is 3.71. The van der Waals surface area contributed by atoms with Crippen LogP contribution in [0.2, 0.25) is 0 Å². The van der Waals surface area contributed by atoms with Crippen LogP contribution in [-0.2, 0) is 4.79 Å². The van der Waals surface area contributed by atoms with Crippen LogP contribution < -0.4 is 5.32 Å². The molecule has 1 aromatic heterocycles. The number of carbonyl (C=O) groups is 2. The van der Waals surface area contributed by atoms with Crippen LogP contribution in [0.25, 0.3) is 0 Å². The molecule has 2 amide bonds. The Morgan fingerprint density at radius 3 is 2.94 bits per heavy atom. The van der Waals surface area contributed by atoms with Gasteiger partial charge < -0.3 is 10.0 Å². The molecule has 2 rings (SSSR count). The standard InChI is InChI=1S/C10H12N4O3/c15-9(16)7-2-1-5-14(7)10(17)13-8-6-11-3-4-12-8/h3-4,6-7H,1-2,5H2,(H,15,16)(H,12,13,17). The van der Waals surface area contributed by atoms with Crippen LogP contribution >= 0.6 is 0 Å². The molecule has 1 aromatic rings. The van der Waals surface area contributed by atoms with Crippen LogP contribution in [0.4, 0.5) is 10.6 Å². The van der Waals surface area contributed by atoms with Gasteiger partial charge in [0, 0.05) is 18.9 Å². The van der Waals surface area contributed by atoms with E-state index < -0.39 is 18.0 Å². The number of hydrogen-bond donors (Lipinski definition) is 2. The molecule has 0 aliphatic carbocycles. The first kappa shape index (κ1) is 11.3. The number of likely N-dealkylation sites (tertiary alicyclic amines) is 1. The Hall–Kier alpha value is -2.18. The Bertz CT molecular complexity index is 423. The predicted molar refractivity (Wildman–Crippen MR) is 58.4 cm³/mol. The van der Waals surface area contributed by atoms with Gasteiger partial charge in [-0.1, -0.05) is 0 Å². The minimum Gasteiger partial charge on any atom is -0.480 e. The summed E-state index contributed by atoms with van der Waals surface area (Å²) in [6, 6.07) is -1.19. The third-order valence-electron chi connectivity index (χ3n) is 2.60. The molecule has 1 aliphatic rings. The van der Waals surface area contributed by atoms with Crippen molar-refractivity contribution < 1.29 is 14.7 Å². The van der Waals surface area contributed by atoms with Crippen molar-refractivity contribution in [2.75, 3.05) is 11.9 Å². The molecule has 7 nitrogen and oxygen atoms in total. The number of nitrogens with zero attached hydrogens (tertiary/aromatic N) is 3. The molecule has 2 heterocycles. The fourth-order valence-corrected chi connectivity index (χ4v) is 1.81. The average molecular weight is 236 g/mol. The molecule has 0 bridgehead atoms. The van der Waals surface area contributed by atoms with Gasteiger partial charge in [0.25, 0.3) is 0 Å². The monoisotopic (exact) mass is 236 g/mol. The third kappa shape index (κ3) is 2.49. The summed E-state index contributed by atoms with van der Waals surface area (Å²) in [5.74, 6) is -0.662. The molecule has 17 heavy (non-hydrogen) atoms. The number of hydrogen-bond acceptors (Lipinski definition) is 4. The minimum atomic E-state index is -0.975. The lowest BCUT2D eigenvalue weighted by molar-refractivity contribution is -0.141. The number of nitrogens with one attached hydrogen (secondary N) is 1. The van der Waals surface area contributed by atoms with Crippen LogP contribution in [0.1, 0.15) is 12.8 Å². The average Bonchev–Trinajstić information content (AvgIpc) is 2.79. The highest BCUT2D eigenvalue weighted by molar-refractivity contribution is 5.91. The van der Waals surface area contributed by atoms with Crippen LogP contribution in [-0.4, -0.2) is 44.6 Å². The molecular formula is C10H12N4O3. The van der Waals surface area contributed by atoms with Gasteiger partial charge in [-0.15, -0.1) is 0 Å². The number of urea groups is 1. The van der Waals surface area contributed by atoms with E-state index in [-0.39, 0.29) is 0 Å². The number of amides is 2. The van der Waals surface area contributed by atoms with Crippen molar-refractivity contribution in [3.63, 3.8) is 0 Å². The Kier molecular flexibility index (Phi) is 3.17. The summed E-state index contributed by atoms with van der Waals surface area (Å²) in [5, 5.41) is 11.5. The first-order valence-electron chi connectivity index (χ1n) is 5.25. The van der Waals surface area contributed by atoms with Gasteiger partial charge in [-0.05, 0) is 12.8 Å². The van der Waals surface area contributed by atoms with Crippen LogP contribution in [0.15, 0.2) is 18.6 Å². The van der Waals surface area contributed by atoms with E-state index in [4.69, 9.17) is 5.11 Å². The van der Waals surface area contributed by atoms with E-state index in [0.717, 1.165) is 0 Å². The van der Waals surface area contributed by atoms with Gasteiger partial charge in [-0.2, -0.15) is 0 Å². The molecule has 90 valence electrons. The Labute approximate surface area is 97.5 Å². The van der Waals surface area contributed by atoms with E-state index >= 15 is 0 Å². The van der Waals surface area contributed by atoms with E-state index in [2.05, 4.69) is 15.3 Å². The van der Waals surface area contributed by atoms with Gasteiger partial charge in [-0.3, -0.25) is 10.3 Å². The number of carbonyl (C=O) groups excluding carboxylic acids is 1. The largest absolute Gasteiger partial charge is 0.480 e. The SMILES string of the molecule is O=C(O)C1CCCN1C(=O)Nc1cnccn1. The number of carboxylic acids is 1. The van der Waals surface area contributed by atoms with Crippen LogP contribution in [0.5, 0.6) is 0 Å². The van der Waals surface area contributed by atoms with Crippen molar-refractivity contribution in [3.8, 4) is 0 Å². The number of aromatic nitrogens is 2. The summed E-state index contributed by atoms with van der Waals surface area (Å²) in [6.07, 6.45) is 5.54. The highest BCUT2D eigenvalue weighted by Crippen LogP contribution is 2.18. The Morgan fingerprint density at radius 1 is 1.47 bits per heavy atom. The van der Waals surface area contributed by atoms with Gasteiger partial charge in [0.15, 0.2) is 5.82 Å². The maximum absolute atomic E-state index is 11.8. The van der Waals surface area contributed by atoms with Gasteiger partial charge in [-0.25, -0.2) is 14.6 Å². The summed E-state index contributed by atoms with van der Waals surface area (Å²) in [4.78, 5) is 31.7. The Morgan fingerprint density at radius 2 is 2.29 bits per heavy atom. The Balaban J connectivity index is 2.03. The zero-order chi connectivity index (χ0) is 12.3. The van der Waals surface area contributed by atoms with E-state index in [1.807, 2.05) is 0 Å². The molecule has 1 saturated heterocycles. The molecular weight excluding hydrogens is 224 g/mol. The third-order valence-corrected chi connectivity index (χ3v) is 2.60. The molecule has 0 spiro atoms. The molecule has 0 saturated carbocycles. The predicted octanol–water partition coefficient (Wildman–Crippen LogP) is 0.557. The highest BCUT2D eigenvalue weighted by Gasteiger charge is 2.34. The fraction of sp³-hybridized carbons (Fsp3) is 0.400. The van der Waals surface area contributed by atoms with Crippen molar-refractivity contribution in [1.82, 2.24) is 14.9 Å². The van der Waals surface area contributed by atoms with E-state index in [9.17, 15) is 9.59 Å². The molecule has 1 atom stereocenters. The zero-order valence-corrected chi connectivity index (χ0v) is 9.04. The number of aliphatic carboxylic acids is 1. The first-order valence-corrected chi connectivity index (χ1v) is 5.25. The maximum Gasteiger partial charge on any atom is 0.326 e. The summed E-state index contributed by atoms with van der Waals surface area (Å²) in [7, 11) is 0. The molecule has 2 N–H and O–H groups in total. The van der Waals surface area contributed by atoms with Crippen molar-refractivity contribution in [2.45, 2.75) is 18.9 Å². The smallest absolute Gasteiger partial charge is 0.326 e. The summed E-state index contributed by atoms with van der Waals surface area (Å²) in [6.45, 7) is 0.447.